The van der Waals surface area contributed by atoms with Crippen LogP contribution in [0.4, 0.5) is 0 Å². The van der Waals surface area contributed by atoms with Crippen LogP contribution >= 0.6 is 0 Å². The molecule has 1 saturated carbocycles. The number of aromatic amines is 1. The maximum absolute atomic E-state index is 5.04. The van der Waals surface area contributed by atoms with E-state index in [-0.39, 0.29) is 32.7 Å². The van der Waals surface area contributed by atoms with Crippen molar-refractivity contribution in [2.24, 2.45) is 4.99 Å². The minimum Gasteiger partial charge on any atom is -0.395 e. The Hall–Kier alpha value is -1.98. The van der Waals surface area contributed by atoms with Gasteiger partial charge in [0, 0.05) is 67.7 Å². The molecule has 3 heterocycles. The molecule has 0 amide bonds. The van der Waals surface area contributed by atoms with Gasteiger partial charge in [-0.2, -0.15) is 0 Å². The molecule has 2 atom stereocenters. The molecule has 1 aliphatic carbocycles. The topological polar surface area (TPSA) is 57.5 Å². The number of hydrogen-bond donors (Lipinski definition) is 2. The first-order valence-electron chi connectivity index (χ1n) is 14.4. The molecule has 1 radical (unpaired) electrons. The number of H-pyrrole nitrogens is 1. The van der Waals surface area contributed by atoms with E-state index in [4.69, 9.17) is 9.98 Å². The molecule has 1 aliphatic heterocycles. The van der Waals surface area contributed by atoms with Crippen LogP contribution in [-0.2, 0) is 52.1 Å². The predicted octanol–water partition coefficient (Wildman–Crippen LogP) is 6.79. The van der Waals surface area contributed by atoms with Crippen molar-refractivity contribution in [2.75, 3.05) is 0 Å². The van der Waals surface area contributed by atoms with Crippen LogP contribution in [0, 0.1) is 6.20 Å². The Labute approximate surface area is 253 Å². The van der Waals surface area contributed by atoms with E-state index in [1.807, 2.05) is 0 Å². The third-order valence-corrected chi connectivity index (χ3v) is 8.12. The molecule has 1 aromatic carbocycles. The number of rotatable bonds is 4. The molecule has 0 spiro atoms. The van der Waals surface area contributed by atoms with Crippen molar-refractivity contribution < 1.29 is 32.7 Å². The second kappa shape index (κ2) is 13.9. The number of nitrogens with one attached hydrogen (secondary N) is 2. The summed E-state index contributed by atoms with van der Waals surface area (Å²) in [6.07, 6.45) is 22.6. The Balaban J connectivity index is 0.00000336. The molecule has 6 heteroatoms. The van der Waals surface area contributed by atoms with E-state index in [9.17, 15) is 0 Å². The number of benzene rings is 1. The second-order valence-corrected chi connectivity index (χ2v) is 10.8. The summed E-state index contributed by atoms with van der Waals surface area (Å²) in [5.74, 6) is 1.52. The molecule has 5 nitrogen and oxygen atoms in total. The van der Waals surface area contributed by atoms with Gasteiger partial charge in [0.1, 0.15) is 0 Å². The van der Waals surface area contributed by atoms with Crippen LogP contribution in [0.5, 0.6) is 0 Å². The van der Waals surface area contributed by atoms with Crippen molar-refractivity contribution >= 4 is 11.6 Å². The van der Waals surface area contributed by atoms with Crippen LogP contribution in [0.25, 0.3) is 11.6 Å². The van der Waals surface area contributed by atoms with Gasteiger partial charge in [0.15, 0.2) is 0 Å². The van der Waals surface area contributed by atoms with Crippen LogP contribution in [0.3, 0.4) is 0 Å². The normalized spacial score (nSPS) is 21.7. The summed E-state index contributed by atoms with van der Waals surface area (Å²) in [6.45, 7) is 9.41. The number of nitrogens with zero attached hydrogens (tertiary/aromatic N) is 3. The smallest absolute Gasteiger partial charge is 0.0525 e. The molecule has 2 N–H and O–H groups in total. The van der Waals surface area contributed by atoms with Gasteiger partial charge in [-0.05, 0) is 85.6 Å². The molecule has 1 unspecified atom stereocenters. The molecular weight excluding hydrogens is 543 g/mol. The van der Waals surface area contributed by atoms with Crippen LogP contribution in [0.15, 0.2) is 47.7 Å². The minimum absolute atomic E-state index is 0. The fraction of sp³-hybridized carbons (Fsp3) is 0.500. The minimum atomic E-state index is 0. The van der Waals surface area contributed by atoms with Gasteiger partial charge >= 0.3 is 0 Å². The van der Waals surface area contributed by atoms with E-state index in [1.165, 1.54) is 54.5 Å². The van der Waals surface area contributed by atoms with Gasteiger partial charge in [-0.3, -0.25) is 0 Å². The number of fused-ring (bicyclic) bond motifs is 3. The van der Waals surface area contributed by atoms with Gasteiger partial charge in [-0.1, -0.05) is 70.2 Å². The Morgan fingerprint density at radius 1 is 1.11 bits per heavy atom. The summed E-state index contributed by atoms with van der Waals surface area (Å²) < 4.78 is 2.31. The summed E-state index contributed by atoms with van der Waals surface area (Å²) in [4.78, 5) is 13.4. The van der Waals surface area contributed by atoms with Crippen molar-refractivity contribution in [3.05, 3.63) is 82.6 Å². The molecule has 199 valence electrons. The molecule has 3 aromatic rings. The molecular formula is C32H42N5Y-. The quantitative estimate of drug-likeness (QED) is 0.331. The molecule has 1 fully saturated rings. The van der Waals surface area contributed by atoms with Crippen molar-refractivity contribution in [3.8, 4) is 0 Å². The number of allylic oxidation sites excluding steroid dienone is 2. The van der Waals surface area contributed by atoms with Gasteiger partial charge in [-0.15, -0.1) is 0 Å². The summed E-state index contributed by atoms with van der Waals surface area (Å²) in [6, 6.07) is 7.29. The number of aryl methyl sites for hydroxylation is 2. The van der Waals surface area contributed by atoms with Gasteiger partial charge in [0.2, 0.25) is 0 Å². The first kappa shape index (κ1) is 29.0. The Kier molecular flexibility index (Phi) is 10.6. The largest absolute Gasteiger partial charge is 0.395 e. The monoisotopic (exact) mass is 585 g/mol. The van der Waals surface area contributed by atoms with E-state index >= 15 is 0 Å². The zero-order valence-electron chi connectivity index (χ0n) is 23.2. The van der Waals surface area contributed by atoms with E-state index < -0.39 is 0 Å². The van der Waals surface area contributed by atoms with E-state index in [1.54, 1.807) is 0 Å². The molecule has 2 aliphatic rings. The Bertz CT molecular complexity index is 1330. The standard InChI is InChI=1S/C32H42N5.Y/c1-4-24-16-17-27(25(5-2)18-24)20-33-31-30-22-35-32-26-13-11-14-28(19-26)36-23(3)12-9-7-6-8-10-15-29(21-34-31)37(30)32;/h10,15-18,21,26,28,36H,3-9,11-14,19-20H2,1-2H3,(H,33,34);/q-1;/b15-10+;/t26-,28?;/m1./s1. The maximum Gasteiger partial charge on any atom is 0.0525 e. The fourth-order valence-corrected chi connectivity index (χ4v) is 5.98. The zero-order valence-corrected chi connectivity index (χ0v) is 26.1. The van der Waals surface area contributed by atoms with Gasteiger partial charge in [0.25, 0.3) is 0 Å². The Morgan fingerprint density at radius 3 is 2.84 bits per heavy atom. The molecule has 2 aromatic heterocycles. The third kappa shape index (κ3) is 6.77. The molecule has 38 heavy (non-hydrogen) atoms. The Morgan fingerprint density at radius 2 is 2.00 bits per heavy atom. The van der Waals surface area contributed by atoms with Crippen LogP contribution in [0.2, 0.25) is 0 Å². The summed E-state index contributed by atoms with van der Waals surface area (Å²) >= 11 is 0. The van der Waals surface area contributed by atoms with Gasteiger partial charge < -0.3 is 24.7 Å². The first-order chi connectivity index (χ1) is 18.2. The number of aromatic nitrogens is 3. The van der Waals surface area contributed by atoms with E-state index in [0.717, 1.165) is 61.0 Å². The summed E-state index contributed by atoms with van der Waals surface area (Å²) in [5, 5.41) is 3.75. The maximum atomic E-state index is 5.04. The first-order valence-corrected chi connectivity index (χ1v) is 14.4. The second-order valence-electron chi connectivity index (χ2n) is 10.8. The number of hydrogen-bond acceptors (Lipinski definition) is 3. The van der Waals surface area contributed by atoms with Crippen molar-refractivity contribution in [1.82, 2.24) is 19.7 Å². The molecule has 2 bridgehead atoms. The zero-order chi connectivity index (χ0) is 25.6. The van der Waals surface area contributed by atoms with E-state index in [2.05, 4.69) is 77.9 Å². The van der Waals surface area contributed by atoms with Crippen LogP contribution in [0.1, 0.15) is 106 Å². The predicted molar refractivity (Wildman–Crippen MR) is 152 cm³/mol. The number of imidazole rings is 1. The molecule has 0 saturated heterocycles. The van der Waals surface area contributed by atoms with Gasteiger partial charge in [0.05, 0.1) is 6.54 Å². The van der Waals surface area contributed by atoms with Crippen LogP contribution < -0.4 is 10.8 Å². The van der Waals surface area contributed by atoms with Crippen LogP contribution in [-0.4, -0.2) is 20.4 Å². The third-order valence-electron chi connectivity index (χ3n) is 8.12. The SMILES string of the molecule is C=C1CCCCC/C=C/c2c[nH]c(=NCc3ccc(CC)cc3CC)c3[c-]nc(n23)[C@@H]2CCCC(C2)N1.[Y]. The van der Waals surface area contributed by atoms with Gasteiger partial charge in [-0.25, -0.2) is 0 Å². The summed E-state index contributed by atoms with van der Waals surface area (Å²) in [5.41, 5.74) is 8.20. The average Bonchev–Trinajstić information content (AvgIpc) is 3.37. The summed E-state index contributed by atoms with van der Waals surface area (Å²) in [7, 11) is 0. The average molecular weight is 586 g/mol. The van der Waals surface area contributed by atoms with Crippen molar-refractivity contribution in [1.29, 1.82) is 0 Å². The van der Waals surface area contributed by atoms with E-state index in [0.29, 0.717) is 18.5 Å². The molecule has 5 rings (SSSR count). The van der Waals surface area contributed by atoms with Crippen molar-refractivity contribution in [2.45, 2.75) is 103 Å². The fourth-order valence-electron chi connectivity index (χ4n) is 5.98. The van der Waals surface area contributed by atoms with Crippen molar-refractivity contribution in [3.63, 3.8) is 0 Å².